The molecule has 33 heavy (non-hydrogen) atoms. The Bertz CT molecular complexity index is 1110. The van der Waals surface area contributed by atoms with Gasteiger partial charge in [0.1, 0.15) is 11.5 Å². The van der Waals surface area contributed by atoms with Crippen LogP contribution in [0.5, 0.6) is 0 Å². The Balaban J connectivity index is 1.54. The molecule has 1 heterocycles. The molecule has 0 saturated carbocycles. The van der Waals surface area contributed by atoms with E-state index in [2.05, 4.69) is 10.1 Å². The molecule has 0 spiro atoms. The normalized spacial score (nSPS) is 20.8. The first-order valence-corrected chi connectivity index (χ1v) is 11.4. The number of ketones is 2. The number of aliphatic imine (C=N–C) groups is 1. The van der Waals surface area contributed by atoms with Crippen LogP contribution < -0.4 is 0 Å². The third-order valence-electron chi connectivity index (χ3n) is 6.39. The van der Waals surface area contributed by atoms with Crippen LogP contribution in [0.15, 0.2) is 51.2 Å². The lowest BCUT2D eigenvalue weighted by Crippen LogP contribution is -2.29. The van der Waals surface area contributed by atoms with Gasteiger partial charge in [-0.25, -0.2) is 0 Å². The topological polar surface area (TPSA) is 113 Å². The minimum atomic E-state index is -0.306. The Hall–Kier alpha value is -3.06. The summed E-state index contributed by atoms with van der Waals surface area (Å²) in [6.45, 7) is 3.87. The number of rotatable bonds is 7. The zero-order valence-corrected chi connectivity index (χ0v) is 19.1. The van der Waals surface area contributed by atoms with Crippen LogP contribution in [0.4, 0.5) is 0 Å². The number of fused-ring (bicyclic) bond motifs is 1. The SMILES string of the molecule is CC1(C)CC(=O)C(C(CCc2noc3c2C(=O)CC(c2ccccc2)C3)=NCCO)=C(O)C1. The molecule has 2 aliphatic rings. The minimum absolute atomic E-state index is 0.00718. The summed E-state index contributed by atoms with van der Waals surface area (Å²) >= 11 is 0. The Labute approximate surface area is 193 Å². The van der Waals surface area contributed by atoms with Gasteiger partial charge < -0.3 is 14.7 Å². The van der Waals surface area contributed by atoms with E-state index in [0.717, 1.165) is 5.56 Å². The van der Waals surface area contributed by atoms with Gasteiger partial charge in [0.25, 0.3) is 0 Å². The van der Waals surface area contributed by atoms with Crippen LogP contribution in [0.1, 0.15) is 72.8 Å². The Morgan fingerprint density at radius 2 is 1.91 bits per heavy atom. The van der Waals surface area contributed by atoms with Gasteiger partial charge in [-0.15, -0.1) is 0 Å². The number of carbonyl (C=O) groups excluding carboxylic acids is 2. The van der Waals surface area contributed by atoms with Crippen LogP contribution in [-0.2, 0) is 17.6 Å². The predicted molar refractivity (Wildman–Crippen MR) is 124 cm³/mol. The number of nitrogens with zero attached hydrogens (tertiary/aromatic N) is 2. The molecule has 0 amide bonds. The fraction of sp³-hybridized carbons (Fsp3) is 0.462. The molecule has 1 atom stereocenters. The predicted octanol–water partition coefficient (Wildman–Crippen LogP) is 4.15. The highest BCUT2D eigenvalue weighted by molar-refractivity contribution is 6.23. The van der Waals surface area contributed by atoms with Crippen LogP contribution in [0, 0.1) is 5.41 Å². The average Bonchev–Trinajstić information content (AvgIpc) is 3.18. The van der Waals surface area contributed by atoms with Gasteiger partial charge in [-0.2, -0.15) is 0 Å². The summed E-state index contributed by atoms with van der Waals surface area (Å²) in [5.41, 5.74) is 2.59. The first-order chi connectivity index (χ1) is 15.8. The average molecular weight is 451 g/mol. The molecule has 0 aliphatic heterocycles. The maximum Gasteiger partial charge on any atom is 0.168 e. The third kappa shape index (κ3) is 4.98. The molecule has 7 nitrogen and oxygen atoms in total. The Morgan fingerprint density at radius 3 is 2.61 bits per heavy atom. The lowest BCUT2D eigenvalue weighted by molar-refractivity contribution is -0.118. The molecule has 7 heteroatoms. The van der Waals surface area contributed by atoms with Crippen molar-refractivity contribution < 1.29 is 24.3 Å². The van der Waals surface area contributed by atoms with Gasteiger partial charge in [-0.3, -0.25) is 14.6 Å². The van der Waals surface area contributed by atoms with E-state index in [1.165, 1.54) is 0 Å². The van der Waals surface area contributed by atoms with Crippen molar-refractivity contribution >= 4 is 17.3 Å². The van der Waals surface area contributed by atoms with Gasteiger partial charge in [0.15, 0.2) is 11.6 Å². The molecule has 2 aliphatic carbocycles. The molecule has 1 unspecified atom stereocenters. The fourth-order valence-corrected chi connectivity index (χ4v) is 4.89. The summed E-state index contributed by atoms with van der Waals surface area (Å²) in [5, 5.41) is 24.0. The largest absolute Gasteiger partial charge is 0.511 e. The maximum absolute atomic E-state index is 13.0. The smallest absolute Gasteiger partial charge is 0.168 e. The number of aromatic nitrogens is 1. The van der Waals surface area contributed by atoms with Crippen molar-refractivity contribution in [1.29, 1.82) is 0 Å². The van der Waals surface area contributed by atoms with Crippen molar-refractivity contribution in [3.05, 3.63) is 64.2 Å². The highest BCUT2D eigenvalue weighted by Crippen LogP contribution is 2.37. The number of aliphatic hydroxyl groups is 2. The van der Waals surface area contributed by atoms with Crippen LogP contribution in [0.2, 0.25) is 0 Å². The zero-order valence-electron chi connectivity index (χ0n) is 19.1. The molecule has 4 rings (SSSR count). The molecule has 2 aromatic rings. The lowest BCUT2D eigenvalue weighted by Gasteiger charge is -2.30. The molecule has 0 saturated heterocycles. The molecular formula is C26H30N2O5. The Morgan fingerprint density at radius 1 is 1.15 bits per heavy atom. The number of carbonyl (C=O) groups is 2. The molecule has 0 fully saturated rings. The summed E-state index contributed by atoms with van der Waals surface area (Å²) in [6, 6.07) is 9.92. The first kappa shape index (κ1) is 23.1. The summed E-state index contributed by atoms with van der Waals surface area (Å²) in [4.78, 5) is 30.2. The van der Waals surface area contributed by atoms with E-state index in [0.29, 0.717) is 61.3 Å². The van der Waals surface area contributed by atoms with E-state index in [1.54, 1.807) is 0 Å². The number of Topliss-reactive ketones (excluding diaryl/α,β-unsaturated/α-hetero) is 2. The fourth-order valence-electron chi connectivity index (χ4n) is 4.89. The van der Waals surface area contributed by atoms with Crippen molar-refractivity contribution in [2.45, 2.75) is 58.3 Å². The summed E-state index contributed by atoms with van der Waals surface area (Å²) in [5.74, 6) is 0.564. The van der Waals surface area contributed by atoms with Crippen LogP contribution in [-0.4, -0.2) is 45.8 Å². The second-order valence-electron chi connectivity index (χ2n) is 9.68. The van der Waals surface area contributed by atoms with Crippen LogP contribution >= 0.6 is 0 Å². The number of hydrogen-bond acceptors (Lipinski definition) is 7. The molecule has 1 aromatic carbocycles. The van der Waals surface area contributed by atoms with Crippen molar-refractivity contribution in [2.24, 2.45) is 10.4 Å². The van der Waals surface area contributed by atoms with Crippen molar-refractivity contribution in [2.75, 3.05) is 13.2 Å². The standard InChI is InChI=1S/C26H30N2O5/c1-26(2)14-21(31)24(22(32)15-26)18(27-10-11-29)8-9-19-25-20(30)12-17(13-23(25)33-28-19)16-6-4-3-5-7-16/h3-7,17,29,31H,8-15H2,1-2H3. The highest BCUT2D eigenvalue weighted by atomic mass is 16.5. The monoisotopic (exact) mass is 450 g/mol. The molecule has 174 valence electrons. The maximum atomic E-state index is 13.0. The summed E-state index contributed by atoms with van der Waals surface area (Å²) in [6.07, 6.45) is 2.41. The van der Waals surface area contributed by atoms with Gasteiger partial charge in [0.05, 0.1) is 30.0 Å². The van der Waals surface area contributed by atoms with Crippen molar-refractivity contribution in [3.8, 4) is 0 Å². The van der Waals surface area contributed by atoms with Crippen LogP contribution in [0.25, 0.3) is 0 Å². The van der Waals surface area contributed by atoms with Crippen molar-refractivity contribution in [3.63, 3.8) is 0 Å². The molecule has 2 N–H and O–H groups in total. The van der Waals surface area contributed by atoms with E-state index >= 15 is 0 Å². The quantitative estimate of drug-likeness (QED) is 0.613. The number of benzene rings is 1. The summed E-state index contributed by atoms with van der Waals surface area (Å²) in [7, 11) is 0. The van der Waals surface area contributed by atoms with E-state index in [-0.39, 0.29) is 47.4 Å². The lowest BCUT2D eigenvalue weighted by atomic mass is 9.75. The number of hydrogen-bond donors (Lipinski definition) is 2. The molecule has 0 radical (unpaired) electrons. The number of allylic oxidation sites excluding steroid dienone is 2. The molecule has 1 aromatic heterocycles. The van der Waals surface area contributed by atoms with Crippen LogP contribution in [0.3, 0.4) is 0 Å². The third-order valence-corrected chi connectivity index (χ3v) is 6.39. The minimum Gasteiger partial charge on any atom is -0.511 e. The summed E-state index contributed by atoms with van der Waals surface area (Å²) < 4.78 is 5.56. The van der Waals surface area contributed by atoms with Gasteiger partial charge in [0.2, 0.25) is 0 Å². The second-order valence-corrected chi connectivity index (χ2v) is 9.68. The highest BCUT2D eigenvalue weighted by Gasteiger charge is 2.36. The van der Waals surface area contributed by atoms with E-state index in [9.17, 15) is 19.8 Å². The van der Waals surface area contributed by atoms with Gasteiger partial charge in [-0.1, -0.05) is 49.3 Å². The van der Waals surface area contributed by atoms with Gasteiger partial charge in [-0.05, 0) is 29.7 Å². The zero-order chi connectivity index (χ0) is 23.6. The Kier molecular flexibility index (Phi) is 6.61. The first-order valence-electron chi connectivity index (χ1n) is 11.4. The van der Waals surface area contributed by atoms with E-state index in [1.807, 2.05) is 44.2 Å². The molecule has 0 bridgehead atoms. The number of aryl methyl sites for hydroxylation is 1. The second kappa shape index (κ2) is 9.43. The van der Waals surface area contributed by atoms with Gasteiger partial charge >= 0.3 is 0 Å². The van der Waals surface area contributed by atoms with Crippen molar-refractivity contribution in [1.82, 2.24) is 5.16 Å². The van der Waals surface area contributed by atoms with E-state index in [4.69, 9.17) is 4.52 Å². The van der Waals surface area contributed by atoms with E-state index < -0.39 is 0 Å². The van der Waals surface area contributed by atoms with Gasteiger partial charge in [0, 0.05) is 31.4 Å². The number of aliphatic hydroxyl groups excluding tert-OH is 2. The molecular weight excluding hydrogens is 420 g/mol.